The first-order valence-electron chi connectivity index (χ1n) is 5.77. The number of aryl methyl sites for hydroxylation is 1. The molecule has 1 aliphatic rings. The summed E-state index contributed by atoms with van der Waals surface area (Å²) >= 11 is 1.60. The predicted octanol–water partition coefficient (Wildman–Crippen LogP) is 3.07. The van der Waals surface area contributed by atoms with Crippen molar-refractivity contribution in [3.63, 3.8) is 0 Å². The van der Waals surface area contributed by atoms with Crippen molar-refractivity contribution in [1.82, 2.24) is 5.32 Å². The molecule has 1 aromatic carbocycles. The van der Waals surface area contributed by atoms with E-state index in [9.17, 15) is 4.79 Å². The van der Waals surface area contributed by atoms with Crippen LogP contribution in [0.1, 0.15) is 12.5 Å². The summed E-state index contributed by atoms with van der Waals surface area (Å²) in [4.78, 5) is 11.9. The number of carbonyl (C=O) groups is 1. The summed E-state index contributed by atoms with van der Waals surface area (Å²) in [6.07, 6.45) is 0. The van der Waals surface area contributed by atoms with Gasteiger partial charge in [-0.3, -0.25) is 5.32 Å². The first-order chi connectivity index (χ1) is 8.66. The van der Waals surface area contributed by atoms with Gasteiger partial charge < -0.3 is 10.1 Å². The number of para-hydroxylation sites is 1. The molecule has 2 amide bonds. The lowest BCUT2D eigenvalue weighted by molar-refractivity contribution is 0.225. The second kappa shape index (κ2) is 5.82. The number of hydrogen-bond donors (Lipinski definition) is 2. The Balaban J connectivity index is 1.99. The van der Waals surface area contributed by atoms with Crippen LogP contribution in [0.5, 0.6) is 0 Å². The maximum atomic E-state index is 11.9. The summed E-state index contributed by atoms with van der Waals surface area (Å²) in [6.45, 7) is 4.51. The summed E-state index contributed by atoms with van der Waals surface area (Å²) in [5.74, 6) is 1.63. The highest BCUT2D eigenvalue weighted by atomic mass is 32.2. The Morgan fingerprint density at radius 3 is 2.78 bits per heavy atom. The van der Waals surface area contributed by atoms with E-state index >= 15 is 0 Å². The molecular formula is C13H16N2O2S. The first-order valence-corrected chi connectivity index (χ1v) is 6.75. The molecule has 0 atom stereocenters. The Morgan fingerprint density at radius 1 is 1.28 bits per heavy atom. The van der Waals surface area contributed by atoms with E-state index in [1.54, 1.807) is 11.8 Å². The fourth-order valence-electron chi connectivity index (χ4n) is 1.60. The molecule has 2 N–H and O–H groups in total. The normalized spacial score (nSPS) is 15.0. The van der Waals surface area contributed by atoms with Crippen LogP contribution in [0.2, 0.25) is 0 Å². The summed E-state index contributed by atoms with van der Waals surface area (Å²) in [5.41, 5.74) is 1.85. The summed E-state index contributed by atoms with van der Waals surface area (Å²) in [5, 5.41) is 6.42. The number of hydrogen-bond acceptors (Lipinski definition) is 3. The third-order valence-corrected chi connectivity index (χ3v) is 3.64. The number of allylic oxidation sites excluding steroid dienone is 1. The molecule has 0 saturated carbocycles. The van der Waals surface area contributed by atoms with Crippen molar-refractivity contribution in [1.29, 1.82) is 0 Å². The molecule has 0 bridgehead atoms. The largest absolute Gasteiger partial charge is 0.495 e. The third-order valence-electron chi connectivity index (χ3n) is 2.59. The zero-order valence-electron chi connectivity index (χ0n) is 10.4. The van der Waals surface area contributed by atoms with E-state index in [0.29, 0.717) is 6.61 Å². The molecule has 96 valence electrons. The van der Waals surface area contributed by atoms with Crippen LogP contribution >= 0.6 is 11.8 Å². The van der Waals surface area contributed by atoms with Gasteiger partial charge in [-0.05, 0) is 25.5 Å². The molecule has 5 heteroatoms. The van der Waals surface area contributed by atoms with E-state index < -0.39 is 0 Å². The number of anilines is 1. The second-order valence-corrected chi connectivity index (χ2v) is 5.08. The van der Waals surface area contributed by atoms with E-state index in [1.165, 1.54) is 0 Å². The monoisotopic (exact) mass is 264 g/mol. The van der Waals surface area contributed by atoms with Gasteiger partial charge in [0.2, 0.25) is 0 Å². The Morgan fingerprint density at radius 2 is 2.06 bits per heavy atom. The number of urea groups is 1. The van der Waals surface area contributed by atoms with Gasteiger partial charge >= 0.3 is 6.03 Å². The van der Waals surface area contributed by atoms with E-state index in [1.807, 2.05) is 38.1 Å². The molecule has 0 aromatic heterocycles. The molecule has 0 fully saturated rings. The van der Waals surface area contributed by atoms with Crippen molar-refractivity contribution in [3.8, 4) is 0 Å². The van der Waals surface area contributed by atoms with Gasteiger partial charge in [-0.15, -0.1) is 11.8 Å². The number of thioether (sulfide) groups is 1. The van der Waals surface area contributed by atoms with Gasteiger partial charge in [0.1, 0.15) is 10.8 Å². The molecule has 18 heavy (non-hydrogen) atoms. The van der Waals surface area contributed by atoms with Crippen molar-refractivity contribution in [3.05, 3.63) is 40.6 Å². The number of ether oxygens (including phenoxy) is 1. The van der Waals surface area contributed by atoms with Gasteiger partial charge in [-0.25, -0.2) is 4.79 Å². The zero-order valence-corrected chi connectivity index (χ0v) is 11.3. The number of nitrogens with one attached hydrogen (secondary N) is 2. The number of benzene rings is 1. The van der Waals surface area contributed by atoms with Crippen molar-refractivity contribution >= 4 is 23.5 Å². The highest BCUT2D eigenvalue weighted by molar-refractivity contribution is 8.03. The number of amides is 2. The van der Waals surface area contributed by atoms with Gasteiger partial charge in [0.05, 0.1) is 6.61 Å². The molecule has 4 nitrogen and oxygen atoms in total. The highest BCUT2D eigenvalue weighted by Crippen LogP contribution is 2.23. The van der Waals surface area contributed by atoms with Crippen molar-refractivity contribution < 1.29 is 9.53 Å². The molecule has 0 radical (unpaired) electrons. The topological polar surface area (TPSA) is 50.4 Å². The van der Waals surface area contributed by atoms with Crippen molar-refractivity contribution in [2.24, 2.45) is 0 Å². The predicted molar refractivity (Wildman–Crippen MR) is 74.4 cm³/mol. The van der Waals surface area contributed by atoms with Gasteiger partial charge in [0, 0.05) is 11.4 Å². The molecule has 0 unspecified atom stereocenters. The molecular weight excluding hydrogens is 248 g/mol. The minimum absolute atomic E-state index is 0.239. The maximum Gasteiger partial charge on any atom is 0.324 e. The van der Waals surface area contributed by atoms with E-state index in [2.05, 4.69) is 10.6 Å². The standard InChI is InChI=1S/C13H16N2O2S/c1-9-5-3-4-6-11(9)14-13(16)15-12-10(2)17-7-8-18-12/h3-6H,7-8H2,1-2H3,(H2,14,15,16). The average molecular weight is 264 g/mol. The Kier molecular flexibility index (Phi) is 4.15. The fourth-order valence-corrected chi connectivity index (χ4v) is 2.40. The van der Waals surface area contributed by atoms with E-state index in [0.717, 1.165) is 27.8 Å². The molecule has 0 saturated heterocycles. The van der Waals surface area contributed by atoms with Gasteiger partial charge in [0.25, 0.3) is 0 Å². The smallest absolute Gasteiger partial charge is 0.324 e. The molecule has 1 heterocycles. The number of rotatable bonds is 2. The minimum atomic E-state index is -0.239. The van der Waals surface area contributed by atoms with Crippen LogP contribution in [0.4, 0.5) is 10.5 Å². The minimum Gasteiger partial charge on any atom is -0.495 e. The van der Waals surface area contributed by atoms with Crippen LogP contribution in [0.3, 0.4) is 0 Å². The van der Waals surface area contributed by atoms with Crippen LogP contribution in [0.15, 0.2) is 35.1 Å². The van der Waals surface area contributed by atoms with Crippen LogP contribution in [-0.4, -0.2) is 18.4 Å². The van der Waals surface area contributed by atoms with Gasteiger partial charge in [0.15, 0.2) is 0 Å². The van der Waals surface area contributed by atoms with Crippen LogP contribution in [0, 0.1) is 6.92 Å². The Bertz CT molecular complexity index is 486. The first kappa shape index (κ1) is 12.8. The fraction of sp³-hybridized carbons (Fsp3) is 0.308. The van der Waals surface area contributed by atoms with Crippen LogP contribution < -0.4 is 10.6 Å². The Labute approximate surface area is 111 Å². The lowest BCUT2D eigenvalue weighted by atomic mass is 10.2. The summed E-state index contributed by atoms with van der Waals surface area (Å²) < 4.78 is 5.38. The van der Waals surface area contributed by atoms with Gasteiger partial charge in [-0.1, -0.05) is 18.2 Å². The van der Waals surface area contributed by atoms with Crippen molar-refractivity contribution in [2.75, 3.05) is 17.7 Å². The lowest BCUT2D eigenvalue weighted by Gasteiger charge is -2.19. The second-order valence-electron chi connectivity index (χ2n) is 3.98. The van der Waals surface area contributed by atoms with Crippen LogP contribution in [0.25, 0.3) is 0 Å². The Hall–Kier alpha value is -1.62. The van der Waals surface area contributed by atoms with E-state index in [-0.39, 0.29) is 6.03 Å². The lowest BCUT2D eigenvalue weighted by Crippen LogP contribution is -2.29. The highest BCUT2D eigenvalue weighted by Gasteiger charge is 2.14. The molecule has 1 aliphatic heterocycles. The number of carbonyl (C=O) groups excluding carboxylic acids is 1. The SMILES string of the molecule is CC1=C(NC(=O)Nc2ccccc2C)SCCO1. The molecule has 2 rings (SSSR count). The molecule has 1 aromatic rings. The third kappa shape index (κ3) is 3.20. The maximum absolute atomic E-state index is 11.9. The molecule has 0 spiro atoms. The molecule has 0 aliphatic carbocycles. The van der Waals surface area contributed by atoms with Crippen molar-refractivity contribution in [2.45, 2.75) is 13.8 Å². The van der Waals surface area contributed by atoms with Gasteiger partial charge in [-0.2, -0.15) is 0 Å². The summed E-state index contributed by atoms with van der Waals surface area (Å²) in [6, 6.07) is 7.43. The zero-order chi connectivity index (χ0) is 13.0. The summed E-state index contributed by atoms with van der Waals surface area (Å²) in [7, 11) is 0. The van der Waals surface area contributed by atoms with Crippen LogP contribution in [-0.2, 0) is 4.74 Å². The average Bonchev–Trinajstić information content (AvgIpc) is 2.35. The quantitative estimate of drug-likeness (QED) is 0.863. The van der Waals surface area contributed by atoms with E-state index in [4.69, 9.17) is 4.74 Å².